The van der Waals surface area contributed by atoms with Crippen LogP contribution in [0.25, 0.3) is 0 Å². The Bertz CT molecular complexity index is 1250. The second-order valence-electron chi connectivity index (χ2n) is 8.22. The highest BCUT2D eigenvalue weighted by molar-refractivity contribution is 8.01. The summed E-state index contributed by atoms with van der Waals surface area (Å²) in [6, 6.07) is 20.7. The first kappa shape index (κ1) is 21.9. The summed E-state index contributed by atoms with van der Waals surface area (Å²) in [5, 5.41) is 0.488. The lowest BCUT2D eigenvalue weighted by Gasteiger charge is -2.33. The third-order valence-electron chi connectivity index (χ3n) is 6.18. The molecule has 3 aromatic carbocycles. The lowest BCUT2D eigenvalue weighted by Crippen LogP contribution is -2.50. The summed E-state index contributed by atoms with van der Waals surface area (Å²) in [6.45, 7) is 2.94. The number of carbonyl (C=O) groups excluding carboxylic acids is 2. The Kier molecular flexibility index (Phi) is 5.59. The van der Waals surface area contributed by atoms with Crippen molar-refractivity contribution in [2.75, 3.05) is 24.3 Å². The van der Waals surface area contributed by atoms with E-state index in [-0.39, 0.29) is 11.8 Å². The monoisotopic (exact) mass is 478 g/mol. The van der Waals surface area contributed by atoms with E-state index in [9.17, 15) is 9.59 Å². The fourth-order valence-electron chi connectivity index (χ4n) is 4.53. The number of nitrogens with zero attached hydrogens (tertiary/aromatic N) is 2. The Morgan fingerprint density at radius 1 is 1.12 bits per heavy atom. The first-order chi connectivity index (χ1) is 15.9. The third-order valence-corrected chi connectivity index (χ3v) is 7.83. The second kappa shape index (κ2) is 8.43. The molecule has 1 spiro atoms. The van der Waals surface area contributed by atoms with Crippen molar-refractivity contribution in [2.45, 2.75) is 18.3 Å². The molecule has 1 fully saturated rings. The van der Waals surface area contributed by atoms with Crippen LogP contribution in [0.4, 0.5) is 5.69 Å². The summed E-state index contributed by atoms with van der Waals surface area (Å²) in [5.41, 5.74) is 4.26. The highest BCUT2D eigenvalue weighted by Crippen LogP contribution is 2.55. The summed E-state index contributed by atoms with van der Waals surface area (Å²) >= 11 is 7.65. The SMILES string of the molecule is COc1ccc2c(c1)C1(SCCN1C(=O)c1cccc(Cl)c1)C(=O)N2Cc1ccc(C)cc1. The molecule has 0 saturated carbocycles. The maximum absolute atomic E-state index is 14.1. The molecular weight excluding hydrogens is 456 g/mol. The van der Waals surface area contributed by atoms with E-state index in [1.165, 1.54) is 11.8 Å². The minimum Gasteiger partial charge on any atom is -0.497 e. The van der Waals surface area contributed by atoms with E-state index in [1.807, 2.05) is 49.4 Å². The fourth-order valence-corrected chi connectivity index (χ4v) is 6.17. The number of hydrogen-bond acceptors (Lipinski definition) is 4. The number of amides is 2. The van der Waals surface area contributed by atoms with Crippen LogP contribution in [0.15, 0.2) is 66.7 Å². The predicted molar refractivity (Wildman–Crippen MR) is 132 cm³/mol. The van der Waals surface area contributed by atoms with E-state index in [0.717, 1.165) is 22.4 Å². The molecule has 0 N–H and O–H groups in total. The van der Waals surface area contributed by atoms with E-state index >= 15 is 0 Å². The van der Waals surface area contributed by atoms with Crippen LogP contribution in [0.5, 0.6) is 5.75 Å². The molecule has 1 saturated heterocycles. The minimum absolute atomic E-state index is 0.107. The van der Waals surface area contributed by atoms with Crippen molar-refractivity contribution in [3.05, 3.63) is 94.0 Å². The van der Waals surface area contributed by atoms with Crippen LogP contribution in [0, 0.1) is 6.92 Å². The molecule has 0 aliphatic carbocycles. The molecule has 1 atom stereocenters. The van der Waals surface area contributed by atoms with Gasteiger partial charge in [-0.1, -0.05) is 47.5 Å². The molecule has 168 valence electrons. The van der Waals surface area contributed by atoms with Crippen molar-refractivity contribution in [1.82, 2.24) is 4.90 Å². The quantitative estimate of drug-likeness (QED) is 0.514. The topological polar surface area (TPSA) is 49.9 Å². The van der Waals surface area contributed by atoms with Crippen LogP contribution in [0.2, 0.25) is 5.02 Å². The van der Waals surface area contributed by atoms with Crippen molar-refractivity contribution in [3.63, 3.8) is 0 Å². The zero-order valence-electron chi connectivity index (χ0n) is 18.4. The van der Waals surface area contributed by atoms with Gasteiger partial charge in [-0.25, -0.2) is 0 Å². The molecule has 2 aliphatic rings. The van der Waals surface area contributed by atoms with E-state index in [0.29, 0.717) is 35.2 Å². The highest BCUT2D eigenvalue weighted by atomic mass is 35.5. The molecule has 0 bridgehead atoms. The first-order valence-corrected chi connectivity index (χ1v) is 12.1. The molecule has 2 aliphatic heterocycles. The molecule has 7 heteroatoms. The van der Waals surface area contributed by atoms with Gasteiger partial charge >= 0.3 is 0 Å². The minimum atomic E-state index is -1.13. The van der Waals surface area contributed by atoms with Crippen LogP contribution in [0.3, 0.4) is 0 Å². The smallest absolute Gasteiger partial charge is 0.268 e. The Hall–Kier alpha value is -2.96. The van der Waals surface area contributed by atoms with Crippen LogP contribution >= 0.6 is 23.4 Å². The van der Waals surface area contributed by atoms with Crippen LogP contribution < -0.4 is 9.64 Å². The van der Waals surface area contributed by atoms with Gasteiger partial charge in [0, 0.05) is 28.4 Å². The summed E-state index contributed by atoms with van der Waals surface area (Å²) in [4.78, 5) is 30.1. The number of benzene rings is 3. The summed E-state index contributed by atoms with van der Waals surface area (Å²) in [5.74, 6) is 0.999. The Balaban J connectivity index is 1.61. The zero-order chi connectivity index (χ0) is 23.2. The van der Waals surface area contributed by atoms with Gasteiger partial charge in [-0.15, -0.1) is 11.8 Å². The molecule has 33 heavy (non-hydrogen) atoms. The molecular formula is C26H23ClN2O3S. The van der Waals surface area contributed by atoms with Gasteiger partial charge in [0.2, 0.25) is 0 Å². The number of methoxy groups -OCH3 is 1. The molecule has 0 radical (unpaired) electrons. The Morgan fingerprint density at radius 3 is 2.64 bits per heavy atom. The van der Waals surface area contributed by atoms with Crippen LogP contribution in [-0.4, -0.2) is 36.1 Å². The number of fused-ring (bicyclic) bond motifs is 2. The maximum atomic E-state index is 14.1. The van der Waals surface area contributed by atoms with Gasteiger partial charge in [-0.2, -0.15) is 0 Å². The van der Waals surface area contributed by atoms with Gasteiger partial charge in [-0.3, -0.25) is 9.59 Å². The van der Waals surface area contributed by atoms with Crippen molar-refractivity contribution in [3.8, 4) is 5.75 Å². The standard InChI is InChI=1S/C26H23ClN2O3S/c1-17-6-8-18(9-7-17)16-28-23-11-10-21(32-2)15-22(23)26(25(28)31)29(12-13-33-26)24(30)19-4-3-5-20(27)14-19/h3-11,14-15H,12-13,16H2,1-2H3. The van der Waals surface area contributed by atoms with Gasteiger partial charge in [0.1, 0.15) is 5.75 Å². The molecule has 1 unspecified atom stereocenters. The number of anilines is 1. The molecule has 3 aromatic rings. The number of carbonyl (C=O) groups is 2. The lowest BCUT2D eigenvalue weighted by atomic mass is 10.0. The van der Waals surface area contributed by atoms with Gasteiger partial charge in [0.15, 0.2) is 4.87 Å². The van der Waals surface area contributed by atoms with Crippen molar-refractivity contribution in [1.29, 1.82) is 0 Å². The van der Waals surface area contributed by atoms with E-state index in [2.05, 4.69) is 0 Å². The summed E-state index contributed by atoms with van der Waals surface area (Å²) in [7, 11) is 1.60. The second-order valence-corrected chi connectivity index (χ2v) is 9.94. The van der Waals surface area contributed by atoms with Gasteiger partial charge in [-0.05, 0) is 48.9 Å². The molecule has 2 heterocycles. The number of thioether (sulfide) groups is 1. The highest BCUT2D eigenvalue weighted by Gasteiger charge is 2.59. The average molecular weight is 479 g/mol. The Labute approximate surface area is 202 Å². The fraction of sp³-hybridized carbons (Fsp3) is 0.231. The maximum Gasteiger partial charge on any atom is 0.268 e. The summed E-state index contributed by atoms with van der Waals surface area (Å²) in [6.07, 6.45) is 0. The molecule has 0 aromatic heterocycles. The Morgan fingerprint density at radius 2 is 1.91 bits per heavy atom. The molecule has 5 nitrogen and oxygen atoms in total. The van der Waals surface area contributed by atoms with Crippen LogP contribution in [-0.2, 0) is 16.2 Å². The first-order valence-electron chi connectivity index (χ1n) is 10.7. The summed E-state index contributed by atoms with van der Waals surface area (Å²) < 4.78 is 5.48. The van der Waals surface area contributed by atoms with Gasteiger partial charge in [0.05, 0.1) is 19.3 Å². The van der Waals surface area contributed by atoms with E-state index in [4.69, 9.17) is 16.3 Å². The van der Waals surface area contributed by atoms with Gasteiger partial charge < -0.3 is 14.5 Å². The average Bonchev–Trinajstić information content (AvgIpc) is 3.36. The number of rotatable bonds is 4. The van der Waals surface area contributed by atoms with Crippen molar-refractivity contribution in [2.24, 2.45) is 0 Å². The molecule has 5 rings (SSSR count). The van der Waals surface area contributed by atoms with Crippen molar-refractivity contribution < 1.29 is 14.3 Å². The number of hydrogen-bond donors (Lipinski definition) is 0. The van der Waals surface area contributed by atoms with Crippen molar-refractivity contribution >= 4 is 40.9 Å². The van der Waals surface area contributed by atoms with E-state index in [1.54, 1.807) is 41.2 Å². The lowest BCUT2D eigenvalue weighted by molar-refractivity contribution is -0.123. The molecule has 2 amide bonds. The number of ether oxygens (including phenoxy) is 1. The zero-order valence-corrected chi connectivity index (χ0v) is 19.9. The normalized spacial score (nSPS) is 19.3. The predicted octanol–water partition coefficient (Wildman–Crippen LogP) is 5.25. The van der Waals surface area contributed by atoms with E-state index < -0.39 is 4.87 Å². The number of aryl methyl sites for hydroxylation is 1. The largest absolute Gasteiger partial charge is 0.497 e. The number of halogens is 1. The third kappa shape index (κ3) is 3.58. The van der Waals surface area contributed by atoms with Crippen LogP contribution in [0.1, 0.15) is 27.0 Å². The van der Waals surface area contributed by atoms with Gasteiger partial charge in [0.25, 0.3) is 11.8 Å².